The van der Waals surface area contributed by atoms with Crippen LogP contribution in [0, 0.1) is 0 Å². The average molecular weight is 316 g/mol. The van der Waals surface area contributed by atoms with Crippen molar-refractivity contribution in [1.82, 2.24) is 10.3 Å². The first-order chi connectivity index (χ1) is 8.49. The minimum absolute atomic E-state index is 0.0870. The molecule has 18 heavy (non-hydrogen) atoms. The summed E-state index contributed by atoms with van der Waals surface area (Å²) in [5.74, 6) is 4.76. The molecule has 0 radical (unpaired) electrons. The molecule has 1 rings (SSSR count). The van der Waals surface area contributed by atoms with Gasteiger partial charge in [-0.25, -0.2) is 5.84 Å². The van der Waals surface area contributed by atoms with Gasteiger partial charge in [0.15, 0.2) is 0 Å². The van der Waals surface area contributed by atoms with Crippen LogP contribution in [-0.4, -0.2) is 35.6 Å². The first kappa shape index (κ1) is 15.1. The Morgan fingerprint density at radius 3 is 2.78 bits per heavy atom. The van der Waals surface area contributed by atoms with E-state index in [9.17, 15) is 4.79 Å². The van der Waals surface area contributed by atoms with Gasteiger partial charge in [-0.3, -0.25) is 15.1 Å². The lowest BCUT2D eigenvalue weighted by atomic mass is 10.1. The van der Waals surface area contributed by atoms with Gasteiger partial charge in [-0.2, -0.15) is 0 Å². The molecule has 1 aromatic carbocycles. The van der Waals surface area contributed by atoms with Crippen LogP contribution in [0.15, 0.2) is 22.7 Å². The number of nitrogens with one attached hydrogen (secondary N) is 1. The number of rotatable bonds is 5. The molecule has 1 aromatic rings. The number of hydrazine groups is 1. The molecular formula is C12H18BrN3O2. The molecular weight excluding hydrogens is 298 g/mol. The van der Waals surface area contributed by atoms with E-state index in [2.05, 4.69) is 21.4 Å². The number of nitrogens with zero attached hydrogens (tertiary/aromatic N) is 1. The molecule has 100 valence electrons. The summed E-state index contributed by atoms with van der Waals surface area (Å²) in [6.45, 7) is 2.75. The zero-order valence-corrected chi connectivity index (χ0v) is 12.1. The van der Waals surface area contributed by atoms with Crippen molar-refractivity contribution in [3.8, 4) is 0 Å². The van der Waals surface area contributed by atoms with Gasteiger partial charge < -0.3 is 5.11 Å². The highest BCUT2D eigenvalue weighted by molar-refractivity contribution is 9.10. The van der Waals surface area contributed by atoms with Crippen molar-refractivity contribution in [2.75, 3.05) is 13.7 Å². The molecule has 5 nitrogen and oxygen atoms in total. The lowest BCUT2D eigenvalue weighted by Gasteiger charge is -2.23. The fourth-order valence-electron chi connectivity index (χ4n) is 1.46. The standard InChI is InChI=1S/C12H18BrN3O2/c1-8(7-17)16(2)6-10-4-3-9(5-11(10)13)12(18)15-14/h3-5,8,17H,6-7,14H2,1-2H3,(H,15,18). The molecule has 1 atom stereocenters. The number of likely N-dealkylation sites (N-methyl/N-ethyl adjacent to an activating group) is 1. The van der Waals surface area contributed by atoms with Crippen molar-refractivity contribution in [3.63, 3.8) is 0 Å². The molecule has 0 aliphatic heterocycles. The summed E-state index contributed by atoms with van der Waals surface area (Å²) in [7, 11) is 1.94. The van der Waals surface area contributed by atoms with Crippen molar-refractivity contribution in [1.29, 1.82) is 0 Å². The number of amides is 1. The van der Waals surface area contributed by atoms with Crippen LogP contribution in [0.3, 0.4) is 0 Å². The van der Waals surface area contributed by atoms with Gasteiger partial charge in [-0.05, 0) is 31.7 Å². The molecule has 0 aromatic heterocycles. The van der Waals surface area contributed by atoms with Gasteiger partial charge in [-0.15, -0.1) is 0 Å². The van der Waals surface area contributed by atoms with Crippen LogP contribution < -0.4 is 11.3 Å². The van der Waals surface area contributed by atoms with Gasteiger partial charge in [0.2, 0.25) is 0 Å². The number of nitrogens with two attached hydrogens (primary N) is 1. The minimum atomic E-state index is -0.320. The number of benzene rings is 1. The lowest BCUT2D eigenvalue weighted by molar-refractivity contribution is 0.0953. The number of carbonyl (C=O) groups excluding carboxylic acids is 1. The second-order valence-corrected chi connectivity index (χ2v) is 5.08. The molecule has 6 heteroatoms. The smallest absolute Gasteiger partial charge is 0.265 e. The van der Waals surface area contributed by atoms with Crippen LogP contribution in [0.1, 0.15) is 22.8 Å². The minimum Gasteiger partial charge on any atom is -0.395 e. The predicted molar refractivity (Wildman–Crippen MR) is 73.8 cm³/mol. The van der Waals surface area contributed by atoms with Crippen molar-refractivity contribution in [3.05, 3.63) is 33.8 Å². The number of nitrogen functional groups attached to an aromatic ring is 1. The van der Waals surface area contributed by atoms with E-state index in [1.54, 1.807) is 12.1 Å². The zero-order valence-electron chi connectivity index (χ0n) is 10.5. The summed E-state index contributed by atoms with van der Waals surface area (Å²) in [6.07, 6.45) is 0. The maximum absolute atomic E-state index is 11.4. The second kappa shape index (κ2) is 6.84. The van der Waals surface area contributed by atoms with E-state index < -0.39 is 0 Å². The molecule has 0 spiro atoms. The molecule has 4 N–H and O–H groups in total. The molecule has 1 amide bonds. The van der Waals surface area contributed by atoms with E-state index >= 15 is 0 Å². The third-order valence-corrected chi connectivity index (χ3v) is 3.62. The van der Waals surface area contributed by atoms with E-state index in [-0.39, 0.29) is 18.6 Å². The maximum Gasteiger partial charge on any atom is 0.265 e. The fourth-order valence-corrected chi connectivity index (χ4v) is 1.97. The Morgan fingerprint density at radius 2 is 2.28 bits per heavy atom. The molecule has 0 aliphatic rings. The first-order valence-corrected chi connectivity index (χ1v) is 6.39. The van der Waals surface area contributed by atoms with E-state index in [1.165, 1.54) is 0 Å². The number of hydrogen-bond acceptors (Lipinski definition) is 4. The van der Waals surface area contributed by atoms with Crippen molar-refractivity contribution < 1.29 is 9.90 Å². The van der Waals surface area contributed by atoms with Crippen molar-refractivity contribution in [2.45, 2.75) is 19.5 Å². The van der Waals surface area contributed by atoms with Crippen LogP contribution in [0.4, 0.5) is 0 Å². The Kier molecular flexibility index (Phi) is 5.74. The molecule has 0 heterocycles. The van der Waals surface area contributed by atoms with Gasteiger partial charge in [0.05, 0.1) is 6.61 Å². The van der Waals surface area contributed by atoms with Gasteiger partial charge in [0.1, 0.15) is 0 Å². The third-order valence-electron chi connectivity index (χ3n) is 2.88. The number of halogens is 1. The fraction of sp³-hybridized carbons (Fsp3) is 0.417. The summed E-state index contributed by atoms with van der Waals surface area (Å²) in [6, 6.07) is 5.41. The summed E-state index contributed by atoms with van der Waals surface area (Å²) >= 11 is 3.43. The monoisotopic (exact) mass is 315 g/mol. The quantitative estimate of drug-likeness (QED) is 0.428. The summed E-state index contributed by atoms with van der Waals surface area (Å²) in [5.41, 5.74) is 3.65. The van der Waals surface area contributed by atoms with Crippen molar-refractivity contribution in [2.24, 2.45) is 5.84 Å². The van der Waals surface area contributed by atoms with E-state index in [4.69, 9.17) is 10.9 Å². The van der Waals surface area contributed by atoms with Crippen LogP contribution in [0.2, 0.25) is 0 Å². The SMILES string of the molecule is CC(CO)N(C)Cc1ccc(C(=O)NN)cc1Br. The van der Waals surface area contributed by atoms with Crippen molar-refractivity contribution >= 4 is 21.8 Å². The first-order valence-electron chi connectivity index (χ1n) is 5.60. The molecule has 1 unspecified atom stereocenters. The third kappa shape index (κ3) is 3.78. The lowest BCUT2D eigenvalue weighted by Crippen LogP contribution is -2.32. The Hall–Kier alpha value is -0.950. The molecule has 0 fully saturated rings. The highest BCUT2D eigenvalue weighted by Crippen LogP contribution is 2.20. The van der Waals surface area contributed by atoms with Crippen LogP contribution in [-0.2, 0) is 6.54 Å². The topological polar surface area (TPSA) is 78.6 Å². The molecule has 0 bridgehead atoms. The maximum atomic E-state index is 11.4. The van der Waals surface area contributed by atoms with Crippen LogP contribution in [0.25, 0.3) is 0 Å². The summed E-state index contributed by atoms with van der Waals surface area (Å²) in [5, 5.41) is 9.08. The highest BCUT2D eigenvalue weighted by Gasteiger charge is 2.12. The number of hydrogen-bond donors (Lipinski definition) is 3. The largest absolute Gasteiger partial charge is 0.395 e. The Bertz CT molecular complexity index is 426. The van der Waals surface area contributed by atoms with Gasteiger partial charge in [0.25, 0.3) is 5.91 Å². The second-order valence-electron chi connectivity index (χ2n) is 4.23. The van der Waals surface area contributed by atoms with Gasteiger partial charge in [0, 0.05) is 22.6 Å². The molecule has 0 saturated heterocycles. The number of carbonyl (C=O) groups is 1. The molecule has 0 aliphatic carbocycles. The summed E-state index contributed by atoms with van der Waals surface area (Å²) < 4.78 is 0.848. The number of aliphatic hydroxyl groups excluding tert-OH is 1. The van der Waals surface area contributed by atoms with E-state index in [1.807, 2.05) is 24.9 Å². The Balaban J connectivity index is 2.83. The highest BCUT2D eigenvalue weighted by atomic mass is 79.9. The van der Waals surface area contributed by atoms with Gasteiger partial charge >= 0.3 is 0 Å². The zero-order chi connectivity index (χ0) is 13.7. The Labute approximate surface area is 115 Å². The van der Waals surface area contributed by atoms with Gasteiger partial charge in [-0.1, -0.05) is 22.0 Å². The number of aliphatic hydroxyl groups is 1. The normalized spacial score (nSPS) is 12.6. The Morgan fingerprint density at radius 1 is 1.61 bits per heavy atom. The predicted octanol–water partition coefficient (Wildman–Crippen LogP) is 0.865. The molecule has 0 saturated carbocycles. The van der Waals surface area contributed by atoms with Crippen LogP contribution >= 0.6 is 15.9 Å². The summed E-state index contributed by atoms with van der Waals surface area (Å²) in [4.78, 5) is 13.4. The van der Waals surface area contributed by atoms with Crippen LogP contribution in [0.5, 0.6) is 0 Å². The van der Waals surface area contributed by atoms with E-state index in [0.717, 1.165) is 10.0 Å². The average Bonchev–Trinajstić information content (AvgIpc) is 2.38. The van der Waals surface area contributed by atoms with E-state index in [0.29, 0.717) is 12.1 Å².